The third kappa shape index (κ3) is 3.43. The topological polar surface area (TPSA) is 49.4 Å². The Morgan fingerprint density at radius 2 is 1.13 bits per heavy atom. The smallest absolute Gasteiger partial charge is 0.0738 e. The lowest BCUT2D eigenvalue weighted by molar-refractivity contribution is 1.41. The first-order valence-electron chi connectivity index (χ1n) is 9.93. The molecule has 0 atom stereocenters. The molecule has 0 aliphatic carbocycles. The van der Waals surface area contributed by atoms with Crippen molar-refractivity contribution in [3.63, 3.8) is 0 Å². The molecule has 0 fully saturated rings. The van der Waals surface area contributed by atoms with Crippen molar-refractivity contribution >= 4 is 44.3 Å². The summed E-state index contributed by atoms with van der Waals surface area (Å²) in [5, 5.41) is 0. The summed E-state index contributed by atoms with van der Waals surface area (Å²) in [5.41, 5.74) is 9.02. The van der Waals surface area contributed by atoms with Gasteiger partial charge in [-0.05, 0) is 72.9 Å². The summed E-state index contributed by atoms with van der Waals surface area (Å²) >= 11 is 3.70. The van der Waals surface area contributed by atoms with E-state index in [1.807, 2.05) is 85.0 Å². The van der Waals surface area contributed by atoms with Gasteiger partial charge in [0.15, 0.2) is 0 Å². The summed E-state index contributed by atoms with van der Waals surface area (Å²) in [7, 11) is 0. The van der Waals surface area contributed by atoms with Gasteiger partial charge in [0.25, 0.3) is 0 Å². The van der Waals surface area contributed by atoms with Gasteiger partial charge in [-0.15, -0.1) is 0 Å². The summed E-state index contributed by atoms with van der Waals surface area (Å²) in [4.78, 5) is 19.1. The zero-order valence-corrected chi connectivity index (χ0v) is 17.9. The Bertz CT molecular complexity index is 1410. The van der Waals surface area contributed by atoms with Gasteiger partial charge in [0.2, 0.25) is 0 Å². The molecule has 146 valence electrons. The lowest BCUT2D eigenvalue weighted by atomic mass is 9.99. The fourth-order valence-electron chi connectivity index (χ4n) is 3.83. The average Bonchev–Trinajstić information content (AvgIpc) is 3.55. The van der Waals surface area contributed by atoms with E-state index in [1.54, 1.807) is 0 Å². The lowest BCUT2D eigenvalue weighted by Crippen LogP contribution is -2.01. The third-order valence-corrected chi connectivity index (χ3v) is 5.92. The van der Waals surface area contributed by atoms with Gasteiger partial charge in [-0.3, -0.25) is 0 Å². The van der Waals surface area contributed by atoms with Crippen LogP contribution in [0.3, 0.4) is 0 Å². The molecule has 5 heteroatoms. The standard InChI is InChI=1S/C26H15BrN4/c27-23-4-2-1-3-22(23)26-24-11-9-20(30-24)14-18-7-5-16(28-18)13-17-6-8-19(29-17)15-21-10-12-25(26)31-21/h1-15H. The lowest BCUT2D eigenvalue weighted by Gasteiger charge is -2.10. The highest BCUT2D eigenvalue weighted by molar-refractivity contribution is 9.10. The Kier molecular flexibility index (Phi) is 4.21. The van der Waals surface area contributed by atoms with Crippen molar-refractivity contribution in [3.05, 3.63) is 124 Å². The molecule has 6 rings (SSSR count). The molecule has 0 saturated carbocycles. The third-order valence-electron chi connectivity index (χ3n) is 5.23. The molecule has 5 heterocycles. The summed E-state index contributed by atoms with van der Waals surface area (Å²) in [6.45, 7) is 0. The number of benzene rings is 1. The zero-order chi connectivity index (χ0) is 20.8. The summed E-state index contributed by atoms with van der Waals surface area (Å²) in [6.07, 6.45) is 22.1. The molecule has 8 bridgehead atoms. The molecule has 5 aliphatic heterocycles. The summed E-state index contributed by atoms with van der Waals surface area (Å²) in [6, 6.07) is 8.15. The fraction of sp³-hybridized carbons (Fsp3) is 0. The van der Waals surface area contributed by atoms with Crippen LogP contribution in [-0.4, -0.2) is 22.8 Å². The van der Waals surface area contributed by atoms with Crippen molar-refractivity contribution in [1.29, 1.82) is 0 Å². The van der Waals surface area contributed by atoms with Gasteiger partial charge in [-0.1, -0.05) is 34.1 Å². The van der Waals surface area contributed by atoms with E-state index in [9.17, 15) is 0 Å². The molecule has 1 aromatic carbocycles. The zero-order valence-electron chi connectivity index (χ0n) is 16.3. The maximum Gasteiger partial charge on any atom is 0.0738 e. The summed E-state index contributed by atoms with van der Waals surface area (Å²) in [5.74, 6) is 0. The Morgan fingerprint density at radius 3 is 1.84 bits per heavy atom. The number of allylic oxidation sites excluding steroid dienone is 12. The van der Waals surface area contributed by atoms with Crippen molar-refractivity contribution in [1.82, 2.24) is 0 Å². The number of aliphatic imine (C=N–C) groups is 4. The van der Waals surface area contributed by atoms with Crippen LogP contribution in [0.15, 0.2) is 138 Å². The number of fused-ring (bicyclic) bond motifs is 4. The number of hydrogen-bond donors (Lipinski definition) is 0. The van der Waals surface area contributed by atoms with Crippen molar-refractivity contribution in [2.24, 2.45) is 20.0 Å². The predicted octanol–water partition coefficient (Wildman–Crippen LogP) is 5.87. The Hall–Kier alpha value is -3.70. The quantitative estimate of drug-likeness (QED) is 0.501. The van der Waals surface area contributed by atoms with Crippen molar-refractivity contribution in [2.75, 3.05) is 0 Å². The molecule has 0 unspecified atom stereocenters. The Morgan fingerprint density at radius 1 is 0.548 bits per heavy atom. The summed E-state index contributed by atoms with van der Waals surface area (Å²) < 4.78 is 1.00. The number of rotatable bonds is 1. The van der Waals surface area contributed by atoms with E-state index in [2.05, 4.69) is 32.0 Å². The van der Waals surface area contributed by atoms with E-state index in [4.69, 9.17) is 9.98 Å². The van der Waals surface area contributed by atoms with Crippen molar-refractivity contribution < 1.29 is 0 Å². The fourth-order valence-corrected chi connectivity index (χ4v) is 4.31. The van der Waals surface area contributed by atoms with Gasteiger partial charge in [-0.25, -0.2) is 20.0 Å². The first kappa shape index (κ1) is 18.1. The molecule has 0 spiro atoms. The van der Waals surface area contributed by atoms with Crippen LogP contribution in [0.1, 0.15) is 5.56 Å². The first-order valence-corrected chi connectivity index (χ1v) is 10.7. The second-order valence-corrected chi connectivity index (χ2v) is 8.24. The molecule has 1 aromatic rings. The largest absolute Gasteiger partial charge is 0.249 e. The molecular formula is C26H15BrN4. The molecule has 0 N–H and O–H groups in total. The molecule has 31 heavy (non-hydrogen) atoms. The molecule has 4 nitrogen and oxygen atoms in total. The molecule has 0 radical (unpaired) electrons. The highest BCUT2D eigenvalue weighted by Crippen LogP contribution is 2.33. The van der Waals surface area contributed by atoms with Crippen LogP contribution in [-0.2, 0) is 0 Å². The maximum absolute atomic E-state index is 4.89. The van der Waals surface area contributed by atoms with Gasteiger partial charge in [0, 0.05) is 15.6 Å². The van der Waals surface area contributed by atoms with E-state index < -0.39 is 0 Å². The highest BCUT2D eigenvalue weighted by atomic mass is 79.9. The van der Waals surface area contributed by atoms with Gasteiger partial charge in [-0.2, -0.15) is 0 Å². The van der Waals surface area contributed by atoms with Crippen LogP contribution in [0.5, 0.6) is 0 Å². The van der Waals surface area contributed by atoms with Crippen LogP contribution < -0.4 is 0 Å². The second kappa shape index (κ2) is 7.22. The molecule has 0 amide bonds. The van der Waals surface area contributed by atoms with Crippen LogP contribution in [0.2, 0.25) is 0 Å². The van der Waals surface area contributed by atoms with Crippen molar-refractivity contribution in [2.45, 2.75) is 0 Å². The second-order valence-electron chi connectivity index (χ2n) is 7.39. The number of halogens is 1. The minimum Gasteiger partial charge on any atom is -0.249 e. The van der Waals surface area contributed by atoms with E-state index in [-0.39, 0.29) is 0 Å². The minimum atomic E-state index is 0.864. The molecule has 5 aliphatic rings. The Labute approximate surface area is 188 Å². The van der Waals surface area contributed by atoms with Crippen LogP contribution >= 0.6 is 15.9 Å². The number of hydrogen-bond acceptors (Lipinski definition) is 4. The Balaban J connectivity index is 1.58. The van der Waals surface area contributed by atoms with Crippen LogP contribution in [0.25, 0.3) is 5.57 Å². The van der Waals surface area contributed by atoms with E-state index >= 15 is 0 Å². The molecule has 0 saturated heterocycles. The SMILES string of the molecule is Brc1ccccc1C1=C2C=CC(=N2)C=C2C=CC(=N2)C=C2C=CC(=N2)C=C2C=CC1=N2. The van der Waals surface area contributed by atoms with Gasteiger partial charge < -0.3 is 0 Å². The van der Waals surface area contributed by atoms with Crippen molar-refractivity contribution in [3.8, 4) is 0 Å². The van der Waals surface area contributed by atoms with Crippen LogP contribution in [0.4, 0.5) is 0 Å². The monoisotopic (exact) mass is 462 g/mol. The average molecular weight is 463 g/mol. The number of nitrogens with zero attached hydrogens (tertiary/aromatic N) is 4. The normalized spacial score (nSPS) is 20.5. The van der Waals surface area contributed by atoms with Gasteiger partial charge in [0.1, 0.15) is 0 Å². The van der Waals surface area contributed by atoms with E-state index in [0.717, 1.165) is 61.2 Å². The van der Waals surface area contributed by atoms with Gasteiger partial charge >= 0.3 is 0 Å². The maximum atomic E-state index is 4.89. The molecule has 0 aromatic heterocycles. The first-order chi connectivity index (χ1) is 15.2. The van der Waals surface area contributed by atoms with E-state index in [1.165, 1.54) is 0 Å². The van der Waals surface area contributed by atoms with Crippen LogP contribution in [0, 0.1) is 0 Å². The predicted molar refractivity (Wildman–Crippen MR) is 132 cm³/mol. The highest BCUT2D eigenvalue weighted by Gasteiger charge is 2.20. The van der Waals surface area contributed by atoms with E-state index in [0.29, 0.717) is 0 Å². The molecular weight excluding hydrogens is 448 g/mol. The minimum absolute atomic E-state index is 0.864. The van der Waals surface area contributed by atoms with Gasteiger partial charge in [0.05, 0.1) is 45.6 Å².